The van der Waals surface area contributed by atoms with E-state index in [1.54, 1.807) is 12.4 Å². The van der Waals surface area contributed by atoms with Crippen molar-refractivity contribution in [2.45, 2.75) is 78.6 Å². The molecule has 0 unspecified atom stereocenters. The Morgan fingerprint density at radius 1 is 0.700 bits per heavy atom. The van der Waals surface area contributed by atoms with E-state index in [-0.39, 0.29) is 37.3 Å². The fraction of sp³-hybridized carbons (Fsp3) is 0.375. The van der Waals surface area contributed by atoms with Crippen molar-refractivity contribution in [3.8, 4) is 0 Å². The molecule has 0 bridgehead atoms. The monoisotopic (exact) mass is 712 g/mol. The Morgan fingerprint density at radius 2 is 1.40 bits per heavy atom. The van der Waals surface area contributed by atoms with E-state index in [2.05, 4.69) is 111 Å². The first-order valence-electron chi connectivity index (χ1n) is 13.3. The Labute approximate surface area is 249 Å². The third kappa shape index (κ3) is 5.62. The molecule has 8 heteroatoms. The molecule has 4 aromatic heterocycles. The minimum atomic E-state index is -0.0916. The first-order chi connectivity index (χ1) is 18.2. The van der Waals surface area contributed by atoms with Gasteiger partial charge in [-0.25, -0.2) is 0 Å². The molecule has 6 rings (SSSR count). The fourth-order valence-corrected chi connectivity index (χ4v) is 4.65. The zero-order chi connectivity index (χ0) is 28.2. The average Bonchev–Trinajstić information content (AvgIpc) is 3.33. The summed E-state index contributed by atoms with van der Waals surface area (Å²) in [6.45, 7) is 19.4. The van der Waals surface area contributed by atoms with Crippen molar-refractivity contribution < 1.29 is 21.1 Å². The van der Waals surface area contributed by atoms with Crippen molar-refractivity contribution >= 4 is 43.7 Å². The van der Waals surface area contributed by atoms with Crippen LogP contribution >= 0.6 is 0 Å². The molecule has 0 spiro atoms. The van der Waals surface area contributed by atoms with Crippen molar-refractivity contribution in [2.24, 2.45) is 0 Å². The van der Waals surface area contributed by atoms with Gasteiger partial charge in [0.05, 0.1) is 11.0 Å². The normalized spacial score (nSPS) is 12.4. The summed E-state index contributed by atoms with van der Waals surface area (Å²) in [5.74, 6) is 0.815. The Bertz CT molecular complexity index is 1820. The van der Waals surface area contributed by atoms with Crippen LogP contribution in [0.25, 0.3) is 43.7 Å². The molecule has 0 N–H and O–H groups in total. The quantitative estimate of drug-likeness (QED) is 0.124. The van der Waals surface area contributed by atoms with Gasteiger partial charge >= 0.3 is 21.1 Å². The van der Waals surface area contributed by atoms with Gasteiger partial charge in [-0.1, -0.05) is 91.4 Å². The van der Waals surface area contributed by atoms with Crippen LogP contribution in [-0.2, 0) is 37.3 Å². The van der Waals surface area contributed by atoms with E-state index >= 15 is 0 Å². The molecule has 6 aromatic rings. The summed E-state index contributed by atoms with van der Waals surface area (Å²) in [5.41, 5.74) is 6.60. The van der Waals surface area contributed by atoms with E-state index < -0.39 is 0 Å². The molecule has 0 atom stereocenters. The molecule has 0 aliphatic heterocycles. The molecule has 40 heavy (non-hydrogen) atoms. The summed E-state index contributed by atoms with van der Waals surface area (Å²) in [4.78, 5) is 22.4. The second-order valence-electron chi connectivity index (χ2n) is 13.1. The van der Waals surface area contributed by atoms with E-state index in [1.807, 2.05) is 24.4 Å². The average molecular weight is 713 g/mol. The predicted molar refractivity (Wildman–Crippen MR) is 158 cm³/mol. The number of hydrogen-bond donors (Lipinski definition) is 0. The van der Waals surface area contributed by atoms with Crippen LogP contribution < -0.4 is 5.10 Å². The van der Waals surface area contributed by atoms with Gasteiger partial charge in [-0.3, -0.25) is 9.97 Å². The number of aromatic nitrogens is 7. The van der Waals surface area contributed by atoms with Crippen LogP contribution in [0.5, 0.6) is 0 Å². The third-order valence-electron chi connectivity index (χ3n) is 6.68. The van der Waals surface area contributed by atoms with Crippen molar-refractivity contribution in [2.75, 3.05) is 0 Å². The molecule has 0 fully saturated rings. The van der Waals surface area contributed by atoms with Gasteiger partial charge in [0.25, 0.3) is 0 Å². The van der Waals surface area contributed by atoms with Gasteiger partial charge < -0.3 is 25.1 Å². The molecule has 0 radical (unpaired) electrons. The molecule has 4 heterocycles. The molecule has 208 valence electrons. The van der Waals surface area contributed by atoms with Crippen molar-refractivity contribution in [3.63, 3.8) is 0 Å². The SMILES string of the molecule is CC(C)(C)c1n[c-]c2c(cc(C(C)(C)C)c3cccnc32)n1.CC(C)(C)c1n[n-]c2c1ccc1nccnc12.[Pt+2]. The van der Waals surface area contributed by atoms with E-state index in [1.165, 1.54) is 5.56 Å². The van der Waals surface area contributed by atoms with Crippen LogP contribution in [0.4, 0.5) is 0 Å². The fourth-order valence-electron chi connectivity index (χ4n) is 4.65. The van der Waals surface area contributed by atoms with Gasteiger partial charge in [-0.05, 0) is 56.5 Å². The smallest absolute Gasteiger partial charge is 0.573 e. The van der Waals surface area contributed by atoms with E-state index in [9.17, 15) is 0 Å². The summed E-state index contributed by atoms with van der Waals surface area (Å²) in [6, 6.07) is 10.3. The molecular weight excluding hydrogens is 677 g/mol. The summed E-state index contributed by atoms with van der Waals surface area (Å²) < 4.78 is 0. The molecule has 7 nitrogen and oxygen atoms in total. The minimum absolute atomic E-state index is 0. The minimum Gasteiger partial charge on any atom is -0.573 e. The molecule has 0 amide bonds. The van der Waals surface area contributed by atoms with Crippen molar-refractivity contribution in [3.05, 3.63) is 72.2 Å². The molecule has 0 saturated heterocycles. The molecule has 0 aliphatic carbocycles. The zero-order valence-corrected chi connectivity index (χ0v) is 26.8. The van der Waals surface area contributed by atoms with Crippen LogP contribution in [0, 0.1) is 6.20 Å². The van der Waals surface area contributed by atoms with Gasteiger partial charge in [-0.2, -0.15) is 0 Å². The maximum Gasteiger partial charge on any atom is 2.00 e. The summed E-state index contributed by atoms with van der Waals surface area (Å²) in [6.07, 6.45) is 8.37. The second kappa shape index (κ2) is 10.6. The first kappa shape index (κ1) is 29.7. The first-order valence-corrected chi connectivity index (χ1v) is 13.3. The molecule has 2 aromatic carbocycles. The predicted octanol–water partition coefficient (Wildman–Crippen LogP) is 7.00. The number of rotatable bonds is 0. The van der Waals surface area contributed by atoms with Gasteiger partial charge in [0.15, 0.2) is 0 Å². The van der Waals surface area contributed by atoms with Crippen LogP contribution in [0.15, 0.2) is 48.9 Å². The zero-order valence-electron chi connectivity index (χ0n) is 24.6. The number of fused-ring (bicyclic) bond motifs is 6. The summed E-state index contributed by atoms with van der Waals surface area (Å²) >= 11 is 0. The Hall–Kier alpha value is -3.31. The number of hydrogen-bond acceptors (Lipinski definition) is 6. The topological polar surface area (TPSA) is 91.4 Å². The summed E-state index contributed by atoms with van der Waals surface area (Å²) in [5, 5.41) is 11.7. The molecular formula is C32H35N7Pt. The number of nitrogens with zero attached hydrogens (tertiary/aromatic N) is 7. The van der Waals surface area contributed by atoms with Crippen LogP contribution in [0.1, 0.15) is 79.4 Å². The van der Waals surface area contributed by atoms with Gasteiger partial charge in [0.2, 0.25) is 0 Å². The summed E-state index contributed by atoms with van der Waals surface area (Å²) in [7, 11) is 0. The Kier molecular flexibility index (Phi) is 7.85. The van der Waals surface area contributed by atoms with Crippen molar-refractivity contribution in [1.82, 2.24) is 35.1 Å². The standard InChI is InChI=1S/C19H22N3.C13H13N4.Pt/c1-18(2,3)14-10-15-13(16-12(14)8-7-9-20-16)11-21-17(22-15)19(4,5)6;1-13(2,3)12-8-4-5-9-11(10(8)16-17-12)15-7-6-14-9;/h7-10H,1-6H3;4-7H,1-3H3;/q2*-1;+2. The van der Waals surface area contributed by atoms with Crippen molar-refractivity contribution in [1.29, 1.82) is 0 Å². The van der Waals surface area contributed by atoms with Crippen LogP contribution in [0.2, 0.25) is 0 Å². The molecule has 0 saturated carbocycles. The van der Waals surface area contributed by atoms with E-state index in [0.29, 0.717) is 0 Å². The second-order valence-corrected chi connectivity index (χ2v) is 13.1. The van der Waals surface area contributed by atoms with Gasteiger partial charge in [-0.15, -0.1) is 0 Å². The van der Waals surface area contributed by atoms with E-state index in [0.717, 1.165) is 55.3 Å². The number of pyridine rings is 1. The Balaban J connectivity index is 0.000000186. The van der Waals surface area contributed by atoms with Crippen LogP contribution in [-0.4, -0.2) is 30.0 Å². The largest absolute Gasteiger partial charge is 2.00 e. The number of benzene rings is 2. The van der Waals surface area contributed by atoms with Crippen LogP contribution in [0.3, 0.4) is 0 Å². The maximum atomic E-state index is 4.79. The maximum absolute atomic E-state index is 4.79. The van der Waals surface area contributed by atoms with Gasteiger partial charge in [0, 0.05) is 35.5 Å². The van der Waals surface area contributed by atoms with E-state index in [4.69, 9.17) is 4.98 Å². The molecule has 0 aliphatic rings. The Morgan fingerprint density at radius 3 is 2.08 bits per heavy atom. The van der Waals surface area contributed by atoms with Gasteiger partial charge in [0.1, 0.15) is 0 Å². The third-order valence-corrected chi connectivity index (χ3v) is 6.68.